The monoisotopic (exact) mass is 382 g/mol. The van der Waals surface area contributed by atoms with Crippen molar-refractivity contribution in [2.75, 3.05) is 19.0 Å². The minimum Gasteiger partial charge on any atom is -0.497 e. The van der Waals surface area contributed by atoms with Gasteiger partial charge in [0, 0.05) is 12.2 Å². The second kappa shape index (κ2) is 8.66. The van der Waals surface area contributed by atoms with E-state index in [9.17, 15) is 18.0 Å². The lowest BCUT2D eigenvalue weighted by Crippen LogP contribution is -2.36. The van der Waals surface area contributed by atoms with Crippen LogP contribution in [0.1, 0.15) is 25.5 Å². The summed E-state index contributed by atoms with van der Waals surface area (Å²) in [5.41, 5.74) is 1.27. The van der Waals surface area contributed by atoms with Crippen LogP contribution < -0.4 is 14.8 Å². The Morgan fingerprint density at radius 2 is 1.81 bits per heavy atom. The van der Waals surface area contributed by atoms with Gasteiger partial charge in [-0.2, -0.15) is 0 Å². The second-order valence-electron chi connectivity index (χ2n) is 5.74. The van der Waals surface area contributed by atoms with Crippen molar-refractivity contribution in [2.24, 2.45) is 0 Å². The summed E-state index contributed by atoms with van der Waals surface area (Å²) < 4.78 is 45.6. The van der Waals surface area contributed by atoms with E-state index in [4.69, 9.17) is 4.74 Å². The lowest BCUT2D eigenvalue weighted by molar-refractivity contribution is -0.274. The van der Waals surface area contributed by atoms with Gasteiger partial charge in [0.25, 0.3) is 0 Å². The summed E-state index contributed by atoms with van der Waals surface area (Å²) in [6.07, 6.45) is -4.75. The number of hydrogen-bond donors (Lipinski definition) is 1. The molecule has 0 radical (unpaired) electrons. The Kier molecular flexibility index (Phi) is 6.55. The number of carbonyl (C=O) groups is 1. The van der Waals surface area contributed by atoms with Crippen LogP contribution in [-0.2, 0) is 0 Å². The number of methoxy groups -OCH3 is 1. The van der Waals surface area contributed by atoms with E-state index in [1.807, 2.05) is 38.1 Å². The van der Waals surface area contributed by atoms with E-state index in [-0.39, 0.29) is 17.8 Å². The van der Waals surface area contributed by atoms with Crippen molar-refractivity contribution in [3.63, 3.8) is 0 Å². The van der Waals surface area contributed by atoms with E-state index in [2.05, 4.69) is 10.1 Å². The fourth-order valence-electron chi connectivity index (χ4n) is 2.61. The molecule has 0 fully saturated rings. The first kappa shape index (κ1) is 20.4. The number of urea groups is 1. The lowest BCUT2D eigenvalue weighted by atomic mass is 10.1. The summed E-state index contributed by atoms with van der Waals surface area (Å²) >= 11 is 0. The van der Waals surface area contributed by atoms with Crippen LogP contribution in [0.3, 0.4) is 0 Å². The van der Waals surface area contributed by atoms with Gasteiger partial charge in [-0.1, -0.05) is 12.1 Å². The molecule has 0 aliphatic rings. The second-order valence-corrected chi connectivity index (χ2v) is 5.74. The smallest absolute Gasteiger partial charge is 0.497 e. The number of nitrogens with one attached hydrogen (secondary N) is 1. The van der Waals surface area contributed by atoms with Crippen LogP contribution in [0.2, 0.25) is 0 Å². The average Bonchev–Trinajstić information content (AvgIpc) is 2.62. The summed E-state index contributed by atoms with van der Waals surface area (Å²) in [6.45, 7) is 4.17. The zero-order valence-corrected chi connectivity index (χ0v) is 15.2. The van der Waals surface area contributed by atoms with Crippen molar-refractivity contribution in [3.8, 4) is 11.5 Å². The molecule has 0 spiro atoms. The van der Waals surface area contributed by atoms with Gasteiger partial charge in [0.1, 0.15) is 11.5 Å². The molecule has 2 aromatic rings. The number of anilines is 1. The first-order valence-electron chi connectivity index (χ1n) is 8.31. The molecule has 8 heteroatoms. The Balaban J connectivity index is 2.07. The van der Waals surface area contributed by atoms with Crippen LogP contribution in [0.4, 0.5) is 23.7 Å². The molecule has 5 nitrogen and oxygen atoms in total. The Morgan fingerprint density at radius 3 is 2.37 bits per heavy atom. The number of carbonyl (C=O) groups excluding carboxylic acids is 1. The van der Waals surface area contributed by atoms with Crippen LogP contribution in [0, 0.1) is 0 Å². The molecule has 1 N–H and O–H groups in total. The van der Waals surface area contributed by atoms with Crippen molar-refractivity contribution in [2.45, 2.75) is 26.3 Å². The molecule has 0 aromatic heterocycles. The Labute approximate surface area is 155 Å². The van der Waals surface area contributed by atoms with Gasteiger partial charge < -0.3 is 19.7 Å². The van der Waals surface area contributed by atoms with Gasteiger partial charge in [0.2, 0.25) is 0 Å². The molecule has 0 aliphatic carbocycles. The fourth-order valence-corrected chi connectivity index (χ4v) is 2.61. The van der Waals surface area contributed by atoms with Crippen LogP contribution in [0.5, 0.6) is 11.5 Å². The third kappa shape index (κ3) is 5.80. The molecule has 0 heterocycles. The maximum absolute atomic E-state index is 12.6. The number of amides is 2. The molecule has 0 aliphatic heterocycles. The topological polar surface area (TPSA) is 50.8 Å². The standard InChI is InChI=1S/C19H21F3N2O3/c1-4-24(13(2)14-6-5-7-17(12-14)26-3)18(25)23-15-8-10-16(11-9-15)27-19(20,21)22/h5-13H,4H2,1-3H3,(H,23,25)/t13-/m0/s1. The van der Waals surface area contributed by atoms with E-state index in [0.717, 1.165) is 17.7 Å². The van der Waals surface area contributed by atoms with E-state index in [1.165, 1.54) is 12.1 Å². The summed E-state index contributed by atoms with van der Waals surface area (Å²) in [5.74, 6) is 0.341. The van der Waals surface area contributed by atoms with Crippen molar-refractivity contribution >= 4 is 11.7 Å². The van der Waals surface area contributed by atoms with Crippen molar-refractivity contribution in [3.05, 3.63) is 54.1 Å². The number of alkyl halides is 3. The molecule has 2 rings (SSSR count). The summed E-state index contributed by atoms with van der Waals surface area (Å²) in [4.78, 5) is 14.2. The maximum atomic E-state index is 12.6. The minimum absolute atomic E-state index is 0.224. The zero-order chi connectivity index (χ0) is 20.0. The van der Waals surface area contributed by atoms with Gasteiger partial charge in [0.15, 0.2) is 0 Å². The van der Waals surface area contributed by atoms with E-state index in [1.54, 1.807) is 12.0 Å². The van der Waals surface area contributed by atoms with Crippen molar-refractivity contribution in [1.82, 2.24) is 4.90 Å². The lowest BCUT2D eigenvalue weighted by Gasteiger charge is -2.28. The molecule has 0 bridgehead atoms. The van der Waals surface area contributed by atoms with E-state index in [0.29, 0.717) is 18.0 Å². The molecular formula is C19H21F3N2O3. The summed E-state index contributed by atoms with van der Waals surface area (Å²) in [5, 5.41) is 2.68. The third-order valence-corrected chi connectivity index (χ3v) is 3.98. The van der Waals surface area contributed by atoms with Gasteiger partial charge >= 0.3 is 12.4 Å². The average molecular weight is 382 g/mol. The van der Waals surface area contributed by atoms with Crippen molar-refractivity contribution in [1.29, 1.82) is 0 Å². The quantitative estimate of drug-likeness (QED) is 0.746. The summed E-state index contributed by atoms with van der Waals surface area (Å²) in [6, 6.07) is 11.8. The van der Waals surface area contributed by atoms with Crippen molar-refractivity contribution < 1.29 is 27.4 Å². The highest BCUT2D eigenvalue weighted by Crippen LogP contribution is 2.26. The Bertz CT molecular complexity index is 764. The first-order chi connectivity index (χ1) is 12.7. The Hall–Kier alpha value is -2.90. The third-order valence-electron chi connectivity index (χ3n) is 3.98. The molecule has 27 heavy (non-hydrogen) atoms. The van der Waals surface area contributed by atoms with E-state index < -0.39 is 6.36 Å². The number of rotatable bonds is 6. The molecule has 2 amide bonds. The number of ether oxygens (including phenoxy) is 2. The number of nitrogens with zero attached hydrogens (tertiary/aromatic N) is 1. The van der Waals surface area contributed by atoms with Crippen LogP contribution in [-0.4, -0.2) is 30.9 Å². The highest BCUT2D eigenvalue weighted by molar-refractivity contribution is 5.89. The van der Waals surface area contributed by atoms with Gasteiger partial charge in [-0.15, -0.1) is 13.2 Å². The van der Waals surface area contributed by atoms with Gasteiger partial charge in [-0.05, 0) is 55.8 Å². The van der Waals surface area contributed by atoms with Gasteiger partial charge in [0.05, 0.1) is 13.2 Å². The summed E-state index contributed by atoms with van der Waals surface area (Å²) in [7, 11) is 1.57. The number of hydrogen-bond acceptors (Lipinski definition) is 3. The molecule has 1 atom stereocenters. The number of halogens is 3. The normalized spacial score (nSPS) is 12.2. The predicted molar refractivity (Wildman–Crippen MR) is 95.9 cm³/mol. The highest BCUT2D eigenvalue weighted by Gasteiger charge is 2.31. The van der Waals surface area contributed by atoms with Crippen LogP contribution in [0.25, 0.3) is 0 Å². The first-order valence-corrected chi connectivity index (χ1v) is 8.31. The Morgan fingerprint density at radius 1 is 1.15 bits per heavy atom. The molecule has 2 aromatic carbocycles. The van der Waals surface area contributed by atoms with Gasteiger partial charge in [-0.3, -0.25) is 0 Å². The molecule has 0 unspecified atom stereocenters. The van der Waals surface area contributed by atoms with E-state index >= 15 is 0 Å². The minimum atomic E-state index is -4.75. The predicted octanol–water partition coefficient (Wildman–Crippen LogP) is 5.21. The largest absolute Gasteiger partial charge is 0.573 e. The van der Waals surface area contributed by atoms with Crippen LogP contribution in [0.15, 0.2) is 48.5 Å². The molecule has 146 valence electrons. The van der Waals surface area contributed by atoms with Crippen LogP contribution >= 0.6 is 0 Å². The zero-order valence-electron chi connectivity index (χ0n) is 15.2. The molecule has 0 saturated carbocycles. The SMILES string of the molecule is CCN(C(=O)Nc1ccc(OC(F)(F)F)cc1)[C@@H](C)c1cccc(OC)c1. The maximum Gasteiger partial charge on any atom is 0.573 e. The molecule has 0 saturated heterocycles. The highest BCUT2D eigenvalue weighted by atomic mass is 19.4. The molecular weight excluding hydrogens is 361 g/mol. The number of benzene rings is 2. The van der Waals surface area contributed by atoms with Gasteiger partial charge in [-0.25, -0.2) is 4.79 Å². The fraction of sp³-hybridized carbons (Fsp3) is 0.316.